The Morgan fingerprint density at radius 3 is 2.60 bits per heavy atom. The average Bonchev–Trinajstić information content (AvgIpc) is 3.80. The van der Waals surface area contributed by atoms with Crippen molar-refractivity contribution in [3.63, 3.8) is 0 Å². The van der Waals surface area contributed by atoms with Crippen LogP contribution in [0, 0.1) is 23.2 Å². The van der Waals surface area contributed by atoms with Gasteiger partial charge in [-0.05, 0) is 61.8 Å². The van der Waals surface area contributed by atoms with Crippen LogP contribution in [0.2, 0.25) is 0 Å². The van der Waals surface area contributed by atoms with Crippen molar-refractivity contribution in [3.05, 3.63) is 155 Å². The Bertz CT molecular complexity index is 2040. The van der Waals surface area contributed by atoms with Gasteiger partial charge in [-0.3, -0.25) is 0 Å². The van der Waals surface area contributed by atoms with Crippen molar-refractivity contribution in [2.45, 2.75) is 62.4 Å². The van der Waals surface area contributed by atoms with Gasteiger partial charge in [0.25, 0.3) is 0 Å². The molecule has 3 aliphatic heterocycles. The molecule has 0 saturated carbocycles. The maximum absolute atomic E-state index is 10.2. The van der Waals surface area contributed by atoms with E-state index in [1.54, 1.807) is 0 Å². The molecule has 1 fully saturated rings. The van der Waals surface area contributed by atoms with Crippen molar-refractivity contribution in [1.82, 2.24) is 4.90 Å². The van der Waals surface area contributed by atoms with Gasteiger partial charge in [0.1, 0.15) is 11.5 Å². The Morgan fingerprint density at radius 2 is 1.66 bits per heavy atom. The summed E-state index contributed by atoms with van der Waals surface area (Å²) in [6, 6.07) is 16.7. The van der Waals surface area contributed by atoms with Crippen molar-refractivity contribution in [2.24, 2.45) is 11.8 Å². The van der Waals surface area contributed by atoms with Gasteiger partial charge in [-0.2, -0.15) is 5.26 Å². The average molecular weight is 612 g/mol. The van der Waals surface area contributed by atoms with Gasteiger partial charge in [0.2, 0.25) is 0 Å². The molecular formula is C43H37N3O. The lowest BCUT2D eigenvalue weighted by molar-refractivity contribution is 0.344. The highest BCUT2D eigenvalue weighted by molar-refractivity contribution is 5.90. The molecule has 0 spiro atoms. The molecule has 5 aliphatic carbocycles. The number of ether oxygens (including phenoxy) is 1. The van der Waals surface area contributed by atoms with E-state index in [9.17, 15) is 5.26 Å². The maximum Gasteiger partial charge on any atom is 0.138 e. The third-order valence-electron chi connectivity index (χ3n) is 11.5. The van der Waals surface area contributed by atoms with Crippen LogP contribution < -0.4 is 9.64 Å². The third kappa shape index (κ3) is 3.86. The highest BCUT2D eigenvalue weighted by atomic mass is 16.5. The van der Waals surface area contributed by atoms with Crippen molar-refractivity contribution < 1.29 is 4.74 Å². The number of hydrogen-bond acceptors (Lipinski definition) is 4. The summed E-state index contributed by atoms with van der Waals surface area (Å²) in [6.45, 7) is 0. The normalized spacial score (nSPS) is 30.4. The first-order chi connectivity index (χ1) is 23.3. The van der Waals surface area contributed by atoms with Crippen LogP contribution >= 0.6 is 0 Å². The Kier molecular flexibility index (Phi) is 6.07. The number of anilines is 1. The minimum absolute atomic E-state index is 0.147. The topological polar surface area (TPSA) is 39.5 Å². The fourth-order valence-corrected chi connectivity index (χ4v) is 9.55. The number of benzene rings is 2. The summed E-state index contributed by atoms with van der Waals surface area (Å²) in [7, 11) is 0. The quantitative estimate of drug-likeness (QED) is 0.324. The second-order valence-corrected chi connectivity index (χ2v) is 13.9. The summed E-state index contributed by atoms with van der Waals surface area (Å²) in [5, 5.41) is 10.2. The zero-order valence-electron chi connectivity index (χ0n) is 26.4. The maximum atomic E-state index is 10.2. The van der Waals surface area contributed by atoms with E-state index >= 15 is 0 Å². The minimum Gasteiger partial charge on any atom is -0.458 e. The zero-order chi connectivity index (χ0) is 31.1. The van der Waals surface area contributed by atoms with Gasteiger partial charge < -0.3 is 14.5 Å². The smallest absolute Gasteiger partial charge is 0.138 e. The van der Waals surface area contributed by atoms with Crippen LogP contribution in [-0.2, 0) is 0 Å². The van der Waals surface area contributed by atoms with E-state index in [-0.39, 0.29) is 17.9 Å². The number of nitrogens with zero attached hydrogens (tertiary/aromatic N) is 3. The lowest BCUT2D eigenvalue weighted by Gasteiger charge is -2.36. The number of rotatable bonds is 3. The first kappa shape index (κ1) is 27.1. The molecule has 230 valence electrons. The van der Waals surface area contributed by atoms with E-state index in [0.717, 1.165) is 61.3 Å². The summed E-state index contributed by atoms with van der Waals surface area (Å²) in [6.07, 6.45) is 35.9. The van der Waals surface area contributed by atoms with Gasteiger partial charge in [-0.1, -0.05) is 103 Å². The fourth-order valence-electron chi connectivity index (χ4n) is 9.55. The third-order valence-corrected chi connectivity index (χ3v) is 11.5. The standard InChI is InChI=1S/C43H37N3O/c44-26-27-12-1-5-21-36(27)46-39-24-8-4-15-30(39)31-16-9-17-32(41(31)46)33-18-10-19-34-35-20-11-25-40(43(35)47-42(33)34)45-37-22-6-2-13-28(37)29-14-3-7-23-38(29)45/h1-2,4-6,9-11,13-19,21-23,25,27-28,30,35,37,39H,3,7-8,12,20,24H2. The highest BCUT2D eigenvalue weighted by Crippen LogP contribution is 2.57. The Morgan fingerprint density at radius 1 is 0.787 bits per heavy atom. The van der Waals surface area contributed by atoms with Gasteiger partial charge in [0, 0.05) is 46.0 Å². The van der Waals surface area contributed by atoms with E-state index in [4.69, 9.17) is 4.74 Å². The molecule has 4 nitrogen and oxygen atoms in total. The second-order valence-electron chi connectivity index (χ2n) is 13.9. The number of nitriles is 1. The van der Waals surface area contributed by atoms with Gasteiger partial charge in [0.15, 0.2) is 0 Å². The van der Waals surface area contributed by atoms with Crippen molar-refractivity contribution in [1.29, 1.82) is 5.26 Å². The molecule has 0 amide bonds. The van der Waals surface area contributed by atoms with E-state index in [1.165, 1.54) is 39.3 Å². The first-order valence-corrected chi connectivity index (χ1v) is 17.4. The molecule has 6 atom stereocenters. The predicted octanol–water partition coefficient (Wildman–Crippen LogP) is 9.64. The van der Waals surface area contributed by atoms with Crippen molar-refractivity contribution in [3.8, 4) is 22.9 Å². The summed E-state index contributed by atoms with van der Waals surface area (Å²) >= 11 is 0. The zero-order valence-corrected chi connectivity index (χ0v) is 26.4. The first-order valence-electron chi connectivity index (χ1n) is 17.4. The van der Waals surface area contributed by atoms with E-state index < -0.39 is 0 Å². The molecule has 0 bridgehead atoms. The lowest BCUT2D eigenvalue weighted by Crippen LogP contribution is -2.37. The molecular weight excluding hydrogens is 574 g/mol. The molecule has 0 aromatic heterocycles. The monoisotopic (exact) mass is 611 g/mol. The van der Waals surface area contributed by atoms with E-state index in [2.05, 4.69) is 131 Å². The van der Waals surface area contributed by atoms with E-state index in [1.807, 2.05) is 0 Å². The Balaban J connectivity index is 1.12. The van der Waals surface area contributed by atoms with Crippen LogP contribution in [0.3, 0.4) is 0 Å². The largest absolute Gasteiger partial charge is 0.458 e. The SMILES string of the molecule is N#CC1CC=CC=C1N1c2c(-c3cccc4c3OC3=C(N5C6=CCCC=C6C6C=CC=CC65)C=CCC34)cccc2C2C=CCCC21. The molecule has 6 unspecified atom stereocenters. The molecule has 0 radical (unpaired) electrons. The number of likely N-dealkylation sites (tertiary alicyclic amines) is 1. The number of allylic oxidation sites excluding steroid dienone is 13. The van der Waals surface area contributed by atoms with Crippen LogP contribution in [0.5, 0.6) is 5.75 Å². The molecule has 4 heteroatoms. The molecule has 2 aromatic carbocycles. The van der Waals surface area contributed by atoms with Gasteiger partial charge >= 0.3 is 0 Å². The molecule has 2 aromatic rings. The number of fused-ring (bicyclic) bond motifs is 9. The molecule has 0 N–H and O–H groups in total. The molecule has 47 heavy (non-hydrogen) atoms. The number of para-hydroxylation sites is 2. The molecule has 8 aliphatic rings. The molecule has 1 saturated heterocycles. The fraction of sp³-hybridized carbons (Fsp3) is 0.279. The van der Waals surface area contributed by atoms with Gasteiger partial charge in [-0.25, -0.2) is 0 Å². The Labute approximate surface area is 277 Å². The minimum atomic E-state index is -0.147. The van der Waals surface area contributed by atoms with Crippen molar-refractivity contribution >= 4 is 5.69 Å². The van der Waals surface area contributed by atoms with E-state index in [0.29, 0.717) is 17.9 Å². The Hall–Kier alpha value is -5.01. The second kappa shape index (κ2) is 10.5. The van der Waals surface area contributed by atoms with Crippen LogP contribution in [0.4, 0.5) is 5.69 Å². The van der Waals surface area contributed by atoms with Crippen molar-refractivity contribution in [2.75, 3.05) is 4.90 Å². The van der Waals surface area contributed by atoms with Crippen LogP contribution in [0.25, 0.3) is 11.1 Å². The summed E-state index contributed by atoms with van der Waals surface area (Å²) in [5.74, 6) is 2.81. The lowest BCUT2D eigenvalue weighted by atomic mass is 9.86. The molecule has 3 heterocycles. The predicted molar refractivity (Wildman–Crippen MR) is 187 cm³/mol. The molecule has 10 rings (SSSR count). The summed E-state index contributed by atoms with van der Waals surface area (Å²) in [5.41, 5.74) is 11.4. The summed E-state index contributed by atoms with van der Waals surface area (Å²) < 4.78 is 7.17. The summed E-state index contributed by atoms with van der Waals surface area (Å²) in [4.78, 5) is 5.10. The number of hydrogen-bond donors (Lipinski definition) is 0. The highest BCUT2D eigenvalue weighted by Gasteiger charge is 2.46. The van der Waals surface area contributed by atoms with Gasteiger partial charge in [0.05, 0.1) is 35.3 Å². The van der Waals surface area contributed by atoms with Gasteiger partial charge in [-0.15, -0.1) is 0 Å². The van der Waals surface area contributed by atoms with Crippen LogP contribution in [-0.4, -0.2) is 17.0 Å². The van der Waals surface area contributed by atoms with Crippen LogP contribution in [0.15, 0.2) is 144 Å². The van der Waals surface area contributed by atoms with Crippen LogP contribution in [0.1, 0.15) is 61.5 Å².